The highest BCUT2D eigenvalue weighted by Crippen LogP contribution is 2.25. The van der Waals surface area contributed by atoms with Gasteiger partial charge in [0.15, 0.2) is 0 Å². The lowest BCUT2D eigenvalue weighted by Crippen LogP contribution is -2.03. The Bertz CT molecular complexity index is 493. The van der Waals surface area contributed by atoms with Crippen LogP contribution in [0.4, 0.5) is 0 Å². The normalized spacial score (nSPS) is 10.7. The van der Waals surface area contributed by atoms with Crippen LogP contribution in [0.3, 0.4) is 0 Å². The smallest absolute Gasteiger partial charge is 0.119 e. The Morgan fingerprint density at radius 3 is 2.26 bits per heavy atom. The molecular weight excluding hydrogens is 236 g/mol. The van der Waals surface area contributed by atoms with Gasteiger partial charge in [0.1, 0.15) is 11.6 Å². The second kappa shape index (κ2) is 6.41. The summed E-state index contributed by atoms with van der Waals surface area (Å²) in [5, 5.41) is 0. The van der Waals surface area contributed by atoms with Gasteiger partial charge in [-0.3, -0.25) is 0 Å². The highest BCUT2D eigenvalue weighted by molar-refractivity contribution is 5.44. The van der Waals surface area contributed by atoms with E-state index in [0.717, 1.165) is 30.8 Å². The number of benzene rings is 1. The molecule has 0 atom stereocenters. The summed E-state index contributed by atoms with van der Waals surface area (Å²) in [4.78, 5) is 7.52. The molecule has 0 unspecified atom stereocenters. The van der Waals surface area contributed by atoms with E-state index in [1.165, 1.54) is 16.7 Å². The zero-order valence-corrected chi connectivity index (χ0v) is 12.0. The molecule has 1 aromatic heterocycles. The Labute approximate surface area is 115 Å². The van der Waals surface area contributed by atoms with Gasteiger partial charge in [0.05, 0.1) is 6.61 Å². The lowest BCUT2D eigenvalue weighted by Gasteiger charge is -2.15. The third kappa shape index (κ3) is 3.16. The number of rotatable bonds is 6. The van der Waals surface area contributed by atoms with Crippen molar-refractivity contribution < 1.29 is 4.74 Å². The van der Waals surface area contributed by atoms with Crippen molar-refractivity contribution in [3.05, 3.63) is 47.0 Å². The molecule has 3 heteroatoms. The topological polar surface area (TPSA) is 37.9 Å². The molecule has 0 radical (unpaired) electrons. The van der Waals surface area contributed by atoms with Gasteiger partial charge in [0, 0.05) is 18.8 Å². The van der Waals surface area contributed by atoms with Crippen molar-refractivity contribution in [2.45, 2.75) is 40.0 Å². The minimum absolute atomic E-state index is 0.712. The largest absolute Gasteiger partial charge is 0.494 e. The minimum Gasteiger partial charge on any atom is -0.494 e. The first kappa shape index (κ1) is 13.7. The Kier molecular flexibility index (Phi) is 4.61. The van der Waals surface area contributed by atoms with Gasteiger partial charge in [-0.2, -0.15) is 0 Å². The van der Waals surface area contributed by atoms with E-state index in [-0.39, 0.29) is 0 Å². The van der Waals surface area contributed by atoms with Gasteiger partial charge in [0.25, 0.3) is 0 Å². The number of aromatic nitrogens is 2. The Morgan fingerprint density at radius 1 is 1.11 bits per heavy atom. The summed E-state index contributed by atoms with van der Waals surface area (Å²) in [6.07, 6.45) is 6.59. The molecule has 2 rings (SSSR count). The van der Waals surface area contributed by atoms with Crippen LogP contribution in [0.2, 0.25) is 0 Å². The summed E-state index contributed by atoms with van der Waals surface area (Å²) in [5.41, 5.74) is 4.11. The minimum atomic E-state index is 0.712. The van der Waals surface area contributed by atoms with Crippen LogP contribution < -0.4 is 4.74 Å². The monoisotopic (exact) mass is 258 g/mol. The maximum absolute atomic E-state index is 5.66. The lowest BCUT2D eigenvalue weighted by molar-refractivity contribution is 0.339. The van der Waals surface area contributed by atoms with Gasteiger partial charge in [0.2, 0.25) is 0 Å². The molecule has 3 nitrogen and oxygen atoms in total. The Morgan fingerprint density at radius 2 is 1.79 bits per heavy atom. The van der Waals surface area contributed by atoms with Gasteiger partial charge in [-0.15, -0.1) is 0 Å². The third-order valence-corrected chi connectivity index (χ3v) is 3.38. The van der Waals surface area contributed by atoms with E-state index in [1.807, 2.05) is 13.1 Å². The number of hydrogen-bond acceptors (Lipinski definition) is 2. The van der Waals surface area contributed by atoms with Crippen molar-refractivity contribution >= 4 is 0 Å². The molecule has 0 aliphatic rings. The molecule has 0 spiro atoms. The predicted octanol–water partition coefficient (Wildman–Crippen LogP) is 3.52. The Hall–Kier alpha value is -1.77. The van der Waals surface area contributed by atoms with Crippen LogP contribution in [-0.4, -0.2) is 16.6 Å². The van der Waals surface area contributed by atoms with E-state index in [1.54, 1.807) is 6.20 Å². The van der Waals surface area contributed by atoms with E-state index in [4.69, 9.17) is 4.74 Å². The van der Waals surface area contributed by atoms with E-state index >= 15 is 0 Å². The quantitative estimate of drug-likeness (QED) is 0.860. The second-order valence-electron chi connectivity index (χ2n) is 4.57. The number of H-pyrrole nitrogens is 1. The van der Waals surface area contributed by atoms with Crippen molar-refractivity contribution in [1.82, 2.24) is 9.97 Å². The Balaban J connectivity index is 2.39. The fourth-order valence-corrected chi connectivity index (χ4v) is 2.44. The molecule has 0 amide bonds. The SMILES string of the molecule is CCOc1cc(CC)c(Cc2ncc[nH]2)c(CC)c1. The molecule has 1 aromatic carbocycles. The van der Waals surface area contributed by atoms with Gasteiger partial charge < -0.3 is 9.72 Å². The second-order valence-corrected chi connectivity index (χ2v) is 4.57. The van der Waals surface area contributed by atoms with Gasteiger partial charge >= 0.3 is 0 Å². The van der Waals surface area contributed by atoms with Crippen LogP contribution in [-0.2, 0) is 19.3 Å². The summed E-state index contributed by atoms with van der Waals surface area (Å²) in [6, 6.07) is 4.34. The fraction of sp³-hybridized carbons (Fsp3) is 0.438. The first-order valence-corrected chi connectivity index (χ1v) is 7.04. The highest BCUT2D eigenvalue weighted by Gasteiger charge is 2.11. The van der Waals surface area contributed by atoms with Crippen LogP contribution in [0, 0.1) is 0 Å². The van der Waals surface area contributed by atoms with Crippen molar-refractivity contribution in [3.63, 3.8) is 0 Å². The summed E-state index contributed by atoms with van der Waals surface area (Å²) >= 11 is 0. The van der Waals surface area contributed by atoms with Gasteiger partial charge in [-0.05, 0) is 48.6 Å². The van der Waals surface area contributed by atoms with Crippen LogP contribution in [0.1, 0.15) is 43.3 Å². The maximum Gasteiger partial charge on any atom is 0.119 e. The molecule has 102 valence electrons. The number of nitrogens with zero attached hydrogens (tertiary/aromatic N) is 1. The van der Waals surface area contributed by atoms with E-state index in [0.29, 0.717) is 6.61 Å². The first-order valence-electron chi connectivity index (χ1n) is 7.04. The number of aryl methyl sites for hydroxylation is 2. The summed E-state index contributed by atoms with van der Waals surface area (Å²) < 4.78 is 5.66. The zero-order valence-electron chi connectivity index (χ0n) is 12.0. The average molecular weight is 258 g/mol. The molecule has 0 fully saturated rings. The maximum atomic E-state index is 5.66. The van der Waals surface area contributed by atoms with Gasteiger partial charge in [-0.25, -0.2) is 4.98 Å². The number of aromatic amines is 1. The van der Waals surface area contributed by atoms with Crippen LogP contribution in [0.25, 0.3) is 0 Å². The van der Waals surface area contributed by atoms with Crippen molar-refractivity contribution in [3.8, 4) is 5.75 Å². The predicted molar refractivity (Wildman–Crippen MR) is 77.8 cm³/mol. The van der Waals surface area contributed by atoms with E-state index in [2.05, 4.69) is 35.9 Å². The summed E-state index contributed by atoms with van der Waals surface area (Å²) in [5.74, 6) is 2.01. The molecule has 1 heterocycles. The summed E-state index contributed by atoms with van der Waals surface area (Å²) in [6.45, 7) is 7.12. The van der Waals surface area contributed by atoms with Gasteiger partial charge in [-0.1, -0.05) is 13.8 Å². The van der Waals surface area contributed by atoms with Crippen molar-refractivity contribution in [2.24, 2.45) is 0 Å². The number of ether oxygens (including phenoxy) is 1. The molecule has 2 aromatic rings. The average Bonchev–Trinajstić information content (AvgIpc) is 2.93. The van der Waals surface area contributed by atoms with Crippen LogP contribution >= 0.6 is 0 Å². The number of nitrogens with one attached hydrogen (secondary N) is 1. The van der Waals surface area contributed by atoms with E-state index in [9.17, 15) is 0 Å². The molecule has 1 N–H and O–H groups in total. The lowest BCUT2D eigenvalue weighted by atomic mass is 9.94. The highest BCUT2D eigenvalue weighted by atomic mass is 16.5. The molecule has 19 heavy (non-hydrogen) atoms. The molecule has 0 bridgehead atoms. The van der Waals surface area contributed by atoms with E-state index < -0.39 is 0 Å². The van der Waals surface area contributed by atoms with Crippen molar-refractivity contribution in [2.75, 3.05) is 6.61 Å². The third-order valence-electron chi connectivity index (χ3n) is 3.38. The van der Waals surface area contributed by atoms with Crippen LogP contribution in [0.5, 0.6) is 5.75 Å². The molecule has 0 aliphatic carbocycles. The van der Waals surface area contributed by atoms with Crippen molar-refractivity contribution in [1.29, 1.82) is 0 Å². The summed E-state index contributed by atoms with van der Waals surface area (Å²) in [7, 11) is 0. The molecule has 0 saturated heterocycles. The molecule has 0 saturated carbocycles. The number of hydrogen-bond donors (Lipinski definition) is 1. The van der Waals surface area contributed by atoms with Crippen LogP contribution in [0.15, 0.2) is 24.5 Å². The number of imidazole rings is 1. The molecular formula is C16H22N2O. The zero-order chi connectivity index (χ0) is 13.7. The fourth-order valence-electron chi connectivity index (χ4n) is 2.44. The standard InChI is InChI=1S/C16H22N2O/c1-4-12-9-14(19-6-3)10-13(5-2)15(12)11-16-17-7-8-18-16/h7-10H,4-6,11H2,1-3H3,(H,17,18). The first-order chi connectivity index (χ1) is 9.28. The molecule has 0 aliphatic heterocycles.